The maximum atomic E-state index is 12.7. The Morgan fingerprint density at radius 1 is 0.933 bits per heavy atom. The maximum absolute atomic E-state index is 12.7. The SMILES string of the molecule is Cc1cc(=O)[nH]c(-c2cccc(NC(=O)c3cccc(NC(=O)C(C)(C)C)c3)c2)n1. The molecule has 7 heteroatoms. The van der Waals surface area contributed by atoms with Gasteiger partial charge in [0, 0.05) is 39.7 Å². The smallest absolute Gasteiger partial charge is 0.255 e. The number of rotatable bonds is 4. The van der Waals surface area contributed by atoms with Crippen molar-refractivity contribution in [2.75, 3.05) is 10.6 Å². The van der Waals surface area contributed by atoms with E-state index in [4.69, 9.17) is 0 Å². The molecule has 0 bridgehead atoms. The third-order valence-corrected chi connectivity index (χ3v) is 4.33. The third-order valence-electron chi connectivity index (χ3n) is 4.33. The molecule has 3 rings (SSSR count). The number of H-pyrrole nitrogens is 1. The molecule has 3 N–H and O–H groups in total. The predicted octanol–water partition coefficient (Wildman–Crippen LogP) is 3.98. The van der Waals surface area contributed by atoms with E-state index in [0.29, 0.717) is 34.0 Å². The predicted molar refractivity (Wildman–Crippen MR) is 118 cm³/mol. The van der Waals surface area contributed by atoms with Crippen molar-refractivity contribution in [3.8, 4) is 11.4 Å². The lowest BCUT2D eigenvalue weighted by Gasteiger charge is -2.18. The number of nitrogens with one attached hydrogen (secondary N) is 3. The van der Waals surface area contributed by atoms with Crippen molar-refractivity contribution >= 4 is 23.2 Å². The Balaban J connectivity index is 1.79. The minimum atomic E-state index is -0.538. The summed E-state index contributed by atoms with van der Waals surface area (Å²) in [6.45, 7) is 7.21. The summed E-state index contributed by atoms with van der Waals surface area (Å²) >= 11 is 0. The summed E-state index contributed by atoms with van der Waals surface area (Å²) in [5.41, 5.74) is 2.04. The minimum absolute atomic E-state index is 0.132. The molecule has 0 saturated carbocycles. The first-order valence-electron chi connectivity index (χ1n) is 9.53. The van der Waals surface area contributed by atoms with Crippen LogP contribution in [-0.2, 0) is 4.79 Å². The van der Waals surface area contributed by atoms with Gasteiger partial charge in [-0.3, -0.25) is 14.4 Å². The van der Waals surface area contributed by atoms with Crippen molar-refractivity contribution in [2.24, 2.45) is 5.41 Å². The van der Waals surface area contributed by atoms with Gasteiger partial charge in [-0.2, -0.15) is 0 Å². The van der Waals surface area contributed by atoms with Crippen molar-refractivity contribution in [3.63, 3.8) is 0 Å². The van der Waals surface area contributed by atoms with Gasteiger partial charge in [0.25, 0.3) is 11.5 Å². The number of hydrogen-bond acceptors (Lipinski definition) is 4. The number of aromatic nitrogens is 2. The van der Waals surface area contributed by atoms with Gasteiger partial charge < -0.3 is 15.6 Å². The van der Waals surface area contributed by atoms with Gasteiger partial charge in [0.2, 0.25) is 5.91 Å². The first-order chi connectivity index (χ1) is 14.1. The lowest BCUT2D eigenvalue weighted by Crippen LogP contribution is -2.27. The van der Waals surface area contributed by atoms with Crippen molar-refractivity contribution in [2.45, 2.75) is 27.7 Å². The number of aromatic amines is 1. The summed E-state index contributed by atoms with van der Waals surface area (Å²) in [5, 5.41) is 5.66. The van der Waals surface area contributed by atoms with E-state index in [1.54, 1.807) is 55.5 Å². The van der Waals surface area contributed by atoms with Crippen LogP contribution in [0.25, 0.3) is 11.4 Å². The van der Waals surface area contributed by atoms with Gasteiger partial charge in [-0.15, -0.1) is 0 Å². The third kappa shape index (κ3) is 5.20. The summed E-state index contributed by atoms with van der Waals surface area (Å²) in [6.07, 6.45) is 0. The van der Waals surface area contributed by atoms with Crippen LogP contribution in [0.1, 0.15) is 36.8 Å². The van der Waals surface area contributed by atoms with Crippen LogP contribution >= 0.6 is 0 Å². The molecule has 0 aliphatic carbocycles. The van der Waals surface area contributed by atoms with E-state index in [0.717, 1.165) is 0 Å². The Labute approximate surface area is 174 Å². The standard InChI is InChI=1S/C23H24N4O3/c1-14-11-19(28)27-20(24-14)15-7-5-9-17(12-15)25-21(29)16-8-6-10-18(13-16)26-22(30)23(2,3)4/h5-13H,1-4H3,(H,25,29)(H,26,30)(H,24,27,28). The van der Waals surface area contributed by atoms with Gasteiger partial charge in [0.15, 0.2) is 0 Å². The lowest BCUT2D eigenvalue weighted by atomic mass is 9.95. The highest BCUT2D eigenvalue weighted by molar-refractivity contribution is 6.05. The van der Waals surface area contributed by atoms with Gasteiger partial charge in [0.05, 0.1) is 0 Å². The number of aryl methyl sites for hydroxylation is 1. The van der Waals surface area contributed by atoms with E-state index >= 15 is 0 Å². The number of benzene rings is 2. The summed E-state index contributed by atoms with van der Waals surface area (Å²) < 4.78 is 0. The molecule has 0 fully saturated rings. The molecule has 0 atom stereocenters. The average molecular weight is 404 g/mol. The van der Waals surface area contributed by atoms with Gasteiger partial charge in [-0.05, 0) is 37.3 Å². The molecule has 0 aliphatic heterocycles. The van der Waals surface area contributed by atoms with Crippen LogP contribution in [-0.4, -0.2) is 21.8 Å². The highest BCUT2D eigenvalue weighted by atomic mass is 16.2. The van der Waals surface area contributed by atoms with Crippen molar-refractivity contribution in [1.82, 2.24) is 9.97 Å². The summed E-state index contributed by atoms with van der Waals surface area (Å²) in [7, 11) is 0. The second kappa shape index (κ2) is 8.32. The molecule has 1 heterocycles. The number of hydrogen-bond donors (Lipinski definition) is 3. The number of carbonyl (C=O) groups is 2. The molecule has 0 spiro atoms. The van der Waals surface area contributed by atoms with E-state index in [2.05, 4.69) is 20.6 Å². The Bertz CT molecular complexity index is 1160. The molecule has 2 amide bonds. The largest absolute Gasteiger partial charge is 0.326 e. The molecule has 2 aromatic carbocycles. The quantitative estimate of drug-likeness (QED) is 0.612. The second-order valence-corrected chi connectivity index (χ2v) is 8.06. The van der Waals surface area contributed by atoms with E-state index in [-0.39, 0.29) is 17.4 Å². The van der Waals surface area contributed by atoms with Crippen LogP contribution in [0.3, 0.4) is 0 Å². The lowest BCUT2D eigenvalue weighted by molar-refractivity contribution is -0.123. The molecular weight excluding hydrogens is 380 g/mol. The van der Waals surface area contributed by atoms with Crippen LogP contribution in [0.5, 0.6) is 0 Å². The van der Waals surface area contributed by atoms with Gasteiger partial charge >= 0.3 is 0 Å². The van der Waals surface area contributed by atoms with E-state index in [1.165, 1.54) is 6.07 Å². The molecule has 7 nitrogen and oxygen atoms in total. The summed E-state index contributed by atoms with van der Waals surface area (Å²) in [5.74, 6) is -0.0138. The molecule has 1 aromatic heterocycles. The molecular formula is C23H24N4O3. The monoisotopic (exact) mass is 404 g/mol. The summed E-state index contributed by atoms with van der Waals surface area (Å²) in [6, 6.07) is 15.2. The zero-order valence-corrected chi connectivity index (χ0v) is 17.4. The fourth-order valence-electron chi connectivity index (χ4n) is 2.72. The number of nitrogens with zero attached hydrogens (tertiary/aromatic N) is 1. The molecule has 0 unspecified atom stereocenters. The number of carbonyl (C=O) groups excluding carboxylic acids is 2. The number of anilines is 2. The van der Waals surface area contributed by atoms with Crippen LogP contribution < -0.4 is 16.2 Å². The molecule has 30 heavy (non-hydrogen) atoms. The zero-order valence-electron chi connectivity index (χ0n) is 17.4. The first-order valence-corrected chi connectivity index (χ1v) is 9.53. The van der Waals surface area contributed by atoms with Crippen molar-refractivity contribution < 1.29 is 9.59 Å². The van der Waals surface area contributed by atoms with Crippen LogP contribution in [0.15, 0.2) is 59.4 Å². The Hall–Kier alpha value is -3.74. The topological polar surface area (TPSA) is 104 Å². The van der Waals surface area contributed by atoms with Gasteiger partial charge in [0.1, 0.15) is 5.82 Å². The Kier molecular flexibility index (Phi) is 5.82. The Morgan fingerprint density at radius 3 is 2.27 bits per heavy atom. The van der Waals surface area contributed by atoms with Crippen LogP contribution in [0.4, 0.5) is 11.4 Å². The Morgan fingerprint density at radius 2 is 1.60 bits per heavy atom. The number of amides is 2. The second-order valence-electron chi connectivity index (χ2n) is 8.06. The van der Waals surface area contributed by atoms with Crippen LogP contribution in [0, 0.1) is 12.3 Å². The van der Waals surface area contributed by atoms with E-state index in [9.17, 15) is 14.4 Å². The fourth-order valence-corrected chi connectivity index (χ4v) is 2.72. The highest BCUT2D eigenvalue weighted by Gasteiger charge is 2.21. The van der Waals surface area contributed by atoms with E-state index < -0.39 is 5.41 Å². The van der Waals surface area contributed by atoms with E-state index in [1.807, 2.05) is 20.8 Å². The van der Waals surface area contributed by atoms with Gasteiger partial charge in [-0.25, -0.2) is 4.98 Å². The molecule has 0 aliphatic rings. The maximum Gasteiger partial charge on any atom is 0.255 e. The van der Waals surface area contributed by atoms with Crippen molar-refractivity contribution in [3.05, 3.63) is 76.2 Å². The van der Waals surface area contributed by atoms with Gasteiger partial charge in [-0.1, -0.05) is 39.0 Å². The highest BCUT2D eigenvalue weighted by Crippen LogP contribution is 2.21. The molecule has 3 aromatic rings. The molecule has 154 valence electrons. The zero-order chi connectivity index (χ0) is 21.9. The molecule has 0 radical (unpaired) electrons. The minimum Gasteiger partial charge on any atom is -0.326 e. The fraction of sp³-hybridized carbons (Fsp3) is 0.217. The average Bonchev–Trinajstić information content (AvgIpc) is 2.67. The summed E-state index contributed by atoms with van der Waals surface area (Å²) in [4.78, 5) is 43.6. The normalized spacial score (nSPS) is 11.1. The van der Waals surface area contributed by atoms with Crippen LogP contribution in [0.2, 0.25) is 0 Å². The molecule has 0 saturated heterocycles. The van der Waals surface area contributed by atoms with Crippen molar-refractivity contribution in [1.29, 1.82) is 0 Å². The first kappa shape index (κ1) is 21.0.